The van der Waals surface area contributed by atoms with Crippen molar-refractivity contribution in [2.24, 2.45) is 4.99 Å². The summed E-state index contributed by atoms with van der Waals surface area (Å²) in [5, 5.41) is 6.83. The SMILES string of the molecule is CN=C(NCCn1cccc1)NCc1ccccc1CN1CC(C)OC(C)C1.I. The first kappa shape index (κ1) is 23.7. The molecule has 2 heterocycles. The molecule has 1 aliphatic heterocycles. The Morgan fingerprint density at radius 1 is 1.03 bits per heavy atom. The summed E-state index contributed by atoms with van der Waals surface area (Å²) in [5.41, 5.74) is 2.67. The third-order valence-corrected chi connectivity index (χ3v) is 5.01. The van der Waals surface area contributed by atoms with E-state index < -0.39 is 0 Å². The van der Waals surface area contributed by atoms with E-state index in [1.165, 1.54) is 11.1 Å². The maximum atomic E-state index is 5.86. The molecule has 1 aliphatic rings. The van der Waals surface area contributed by atoms with Gasteiger partial charge in [-0.25, -0.2) is 0 Å². The Kier molecular flexibility index (Phi) is 9.96. The topological polar surface area (TPSA) is 53.8 Å². The van der Waals surface area contributed by atoms with Gasteiger partial charge in [0.15, 0.2) is 5.96 Å². The van der Waals surface area contributed by atoms with E-state index in [9.17, 15) is 0 Å². The molecule has 0 radical (unpaired) electrons. The molecule has 160 valence electrons. The number of halogens is 1. The normalized spacial score (nSPS) is 20.2. The molecule has 7 heteroatoms. The van der Waals surface area contributed by atoms with Crippen molar-refractivity contribution < 1.29 is 4.74 Å². The summed E-state index contributed by atoms with van der Waals surface area (Å²) >= 11 is 0. The maximum absolute atomic E-state index is 5.86. The van der Waals surface area contributed by atoms with E-state index in [4.69, 9.17) is 4.74 Å². The number of hydrogen-bond acceptors (Lipinski definition) is 3. The minimum absolute atomic E-state index is 0. The average molecular weight is 511 g/mol. The zero-order chi connectivity index (χ0) is 19.8. The maximum Gasteiger partial charge on any atom is 0.191 e. The van der Waals surface area contributed by atoms with Crippen molar-refractivity contribution in [2.75, 3.05) is 26.7 Å². The van der Waals surface area contributed by atoms with Gasteiger partial charge in [-0.1, -0.05) is 24.3 Å². The van der Waals surface area contributed by atoms with Gasteiger partial charge in [0.05, 0.1) is 12.2 Å². The third-order valence-electron chi connectivity index (χ3n) is 5.01. The summed E-state index contributed by atoms with van der Waals surface area (Å²) in [7, 11) is 1.81. The number of aromatic nitrogens is 1. The van der Waals surface area contributed by atoms with Crippen LogP contribution in [0.5, 0.6) is 0 Å². The fourth-order valence-corrected chi connectivity index (χ4v) is 3.76. The zero-order valence-corrected chi connectivity index (χ0v) is 20.0. The minimum Gasteiger partial charge on any atom is -0.373 e. The van der Waals surface area contributed by atoms with Gasteiger partial charge in [-0.2, -0.15) is 0 Å². The van der Waals surface area contributed by atoms with Crippen LogP contribution in [0.15, 0.2) is 53.8 Å². The first-order chi connectivity index (χ1) is 13.6. The van der Waals surface area contributed by atoms with E-state index in [0.29, 0.717) is 0 Å². The number of morpholine rings is 1. The lowest BCUT2D eigenvalue weighted by molar-refractivity contribution is -0.0705. The summed E-state index contributed by atoms with van der Waals surface area (Å²) in [6.45, 7) is 9.73. The van der Waals surface area contributed by atoms with Gasteiger partial charge >= 0.3 is 0 Å². The monoisotopic (exact) mass is 511 g/mol. The molecule has 1 fully saturated rings. The van der Waals surface area contributed by atoms with Crippen LogP contribution in [0.1, 0.15) is 25.0 Å². The predicted molar refractivity (Wildman–Crippen MR) is 130 cm³/mol. The molecule has 6 nitrogen and oxygen atoms in total. The van der Waals surface area contributed by atoms with Crippen molar-refractivity contribution in [1.82, 2.24) is 20.1 Å². The second-order valence-corrected chi connectivity index (χ2v) is 7.49. The highest BCUT2D eigenvalue weighted by atomic mass is 127. The Morgan fingerprint density at radius 2 is 1.69 bits per heavy atom. The molecule has 2 aromatic rings. The van der Waals surface area contributed by atoms with Crippen molar-refractivity contribution >= 4 is 29.9 Å². The van der Waals surface area contributed by atoms with Crippen LogP contribution in [0.3, 0.4) is 0 Å². The van der Waals surface area contributed by atoms with Gasteiger partial charge in [-0.15, -0.1) is 24.0 Å². The molecule has 2 unspecified atom stereocenters. The Labute approximate surface area is 191 Å². The van der Waals surface area contributed by atoms with Gasteiger partial charge in [0.1, 0.15) is 0 Å². The summed E-state index contributed by atoms with van der Waals surface area (Å²) in [6.07, 6.45) is 4.72. The van der Waals surface area contributed by atoms with Crippen molar-refractivity contribution in [3.63, 3.8) is 0 Å². The van der Waals surface area contributed by atoms with Gasteiger partial charge < -0.3 is 19.9 Å². The van der Waals surface area contributed by atoms with E-state index in [2.05, 4.69) is 75.6 Å². The Bertz CT molecular complexity index is 739. The summed E-state index contributed by atoms with van der Waals surface area (Å²) in [4.78, 5) is 6.83. The van der Waals surface area contributed by atoms with Crippen LogP contribution in [-0.2, 0) is 24.4 Å². The lowest BCUT2D eigenvalue weighted by Gasteiger charge is -2.35. The molecule has 2 N–H and O–H groups in total. The average Bonchev–Trinajstić information content (AvgIpc) is 3.18. The van der Waals surface area contributed by atoms with Gasteiger partial charge in [0.2, 0.25) is 0 Å². The van der Waals surface area contributed by atoms with Crippen molar-refractivity contribution in [1.29, 1.82) is 0 Å². The van der Waals surface area contributed by atoms with E-state index in [1.807, 2.05) is 19.2 Å². The summed E-state index contributed by atoms with van der Waals surface area (Å²) in [5.74, 6) is 0.829. The largest absolute Gasteiger partial charge is 0.373 e. The predicted octanol–water partition coefficient (Wildman–Crippen LogP) is 3.08. The van der Waals surface area contributed by atoms with Crippen LogP contribution in [0.4, 0.5) is 0 Å². The smallest absolute Gasteiger partial charge is 0.191 e. The molecule has 1 aromatic heterocycles. The van der Waals surface area contributed by atoms with Gasteiger partial charge in [0.25, 0.3) is 0 Å². The van der Waals surface area contributed by atoms with Crippen molar-refractivity contribution in [2.45, 2.75) is 45.7 Å². The molecular formula is C22H34IN5O. The standard InChI is InChI=1S/C22H33N5O.HI/c1-18-15-27(16-19(2)28-18)17-21-9-5-4-8-20(21)14-25-22(23-3)24-10-13-26-11-6-7-12-26;/h4-9,11-12,18-19H,10,13-17H2,1-3H3,(H2,23,24,25);1H. The van der Waals surface area contributed by atoms with Gasteiger partial charge in [-0.05, 0) is 37.1 Å². The number of ether oxygens (including phenoxy) is 1. The molecule has 1 saturated heterocycles. The van der Waals surface area contributed by atoms with Crippen LogP contribution >= 0.6 is 24.0 Å². The summed E-state index contributed by atoms with van der Waals surface area (Å²) < 4.78 is 8.02. The lowest BCUT2D eigenvalue weighted by atomic mass is 10.1. The van der Waals surface area contributed by atoms with Gasteiger partial charge in [-0.3, -0.25) is 9.89 Å². The Morgan fingerprint density at radius 3 is 2.34 bits per heavy atom. The minimum atomic E-state index is 0. The zero-order valence-electron chi connectivity index (χ0n) is 17.7. The Hall–Kier alpha value is -1.58. The van der Waals surface area contributed by atoms with E-state index >= 15 is 0 Å². The number of rotatable bonds is 7. The number of nitrogens with one attached hydrogen (secondary N) is 2. The number of benzene rings is 1. The molecule has 3 rings (SSSR count). The number of guanidine groups is 1. The molecule has 0 spiro atoms. The highest BCUT2D eigenvalue weighted by Gasteiger charge is 2.22. The number of aliphatic imine (C=N–C) groups is 1. The van der Waals surface area contributed by atoms with Crippen LogP contribution in [0.2, 0.25) is 0 Å². The highest BCUT2D eigenvalue weighted by molar-refractivity contribution is 14.0. The molecule has 0 aliphatic carbocycles. The van der Waals surface area contributed by atoms with Crippen LogP contribution in [0.25, 0.3) is 0 Å². The molecule has 1 aromatic carbocycles. The van der Waals surface area contributed by atoms with E-state index in [1.54, 1.807) is 0 Å². The van der Waals surface area contributed by atoms with Crippen molar-refractivity contribution in [3.05, 3.63) is 59.9 Å². The second kappa shape index (κ2) is 12.2. The molecular weight excluding hydrogens is 477 g/mol. The fraction of sp³-hybridized carbons (Fsp3) is 0.500. The third kappa shape index (κ3) is 7.64. The first-order valence-electron chi connectivity index (χ1n) is 10.1. The molecule has 2 atom stereocenters. The van der Waals surface area contributed by atoms with E-state index in [-0.39, 0.29) is 36.2 Å². The van der Waals surface area contributed by atoms with Gasteiger partial charge in [0, 0.05) is 58.7 Å². The molecule has 0 saturated carbocycles. The number of hydrogen-bond donors (Lipinski definition) is 2. The second-order valence-electron chi connectivity index (χ2n) is 7.49. The molecule has 29 heavy (non-hydrogen) atoms. The van der Waals surface area contributed by atoms with E-state index in [0.717, 1.165) is 45.2 Å². The van der Waals surface area contributed by atoms with Crippen LogP contribution in [-0.4, -0.2) is 54.3 Å². The molecule has 0 amide bonds. The first-order valence-corrected chi connectivity index (χ1v) is 10.1. The van der Waals surface area contributed by atoms with Crippen LogP contribution < -0.4 is 10.6 Å². The number of nitrogens with zero attached hydrogens (tertiary/aromatic N) is 3. The summed E-state index contributed by atoms with van der Waals surface area (Å²) in [6, 6.07) is 12.7. The fourth-order valence-electron chi connectivity index (χ4n) is 3.76. The Balaban J connectivity index is 0.00000300. The van der Waals surface area contributed by atoms with Crippen molar-refractivity contribution in [3.8, 4) is 0 Å². The quantitative estimate of drug-likeness (QED) is 0.341. The molecule has 0 bridgehead atoms. The highest BCUT2D eigenvalue weighted by Crippen LogP contribution is 2.17. The van der Waals surface area contributed by atoms with Crippen LogP contribution in [0, 0.1) is 0 Å². The lowest BCUT2D eigenvalue weighted by Crippen LogP contribution is -2.45.